The van der Waals surface area contributed by atoms with Crippen LogP contribution in [0.5, 0.6) is 0 Å². The van der Waals surface area contributed by atoms with E-state index < -0.39 is 4.92 Å². The van der Waals surface area contributed by atoms with E-state index >= 15 is 0 Å². The van der Waals surface area contributed by atoms with Crippen LogP contribution in [0.15, 0.2) is 59.8 Å². The van der Waals surface area contributed by atoms with Gasteiger partial charge in [0.1, 0.15) is 0 Å². The maximum atomic E-state index is 10.8. The lowest BCUT2D eigenvalue weighted by atomic mass is 10.0. The normalized spacial score (nSPS) is 17.4. The van der Waals surface area contributed by atoms with E-state index in [1.165, 1.54) is 12.1 Å². The minimum atomic E-state index is -0.408. The lowest BCUT2D eigenvalue weighted by Gasteiger charge is -2.07. The van der Waals surface area contributed by atoms with Crippen LogP contribution in [-0.2, 0) is 4.84 Å². The van der Waals surface area contributed by atoms with E-state index in [0.29, 0.717) is 6.42 Å². The predicted octanol–water partition coefficient (Wildman–Crippen LogP) is 3.46. The highest BCUT2D eigenvalue weighted by Gasteiger charge is 2.24. The molecule has 1 heterocycles. The van der Waals surface area contributed by atoms with Gasteiger partial charge in [-0.2, -0.15) is 0 Å². The molecule has 100 valence electrons. The lowest BCUT2D eigenvalue weighted by Crippen LogP contribution is -2.02. The maximum Gasteiger partial charge on any atom is 0.270 e. The number of non-ortho nitro benzene ring substituents is 1. The van der Waals surface area contributed by atoms with Gasteiger partial charge in [-0.05, 0) is 5.56 Å². The molecule has 0 amide bonds. The highest BCUT2D eigenvalue weighted by molar-refractivity contribution is 6.01. The third-order valence-corrected chi connectivity index (χ3v) is 3.23. The molecule has 0 fully saturated rings. The Morgan fingerprint density at radius 2 is 1.95 bits per heavy atom. The van der Waals surface area contributed by atoms with Crippen LogP contribution in [0.25, 0.3) is 0 Å². The van der Waals surface area contributed by atoms with E-state index in [1.54, 1.807) is 6.07 Å². The van der Waals surface area contributed by atoms with Crippen molar-refractivity contribution < 1.29 is 9.76 Å². The Morgan fingerprint density at radius 1 is 1.15 bits per heavy atom. The third-order valence-electron chi connectivity index (χ3n) is 3.23. The van der Waals surface area contributed by atoms with Crippen molar-refractivity contribution >= 4 is 11.4 Å². The van der Waals surface area contributed by atoms with Gasteiger partial charge in [0, 0.05) is 24.1 Å². The first-order valence-electron chi connectivity index (χ1n) is 6.26. The standard InChI is InChI=1S/C15H12N2O3/c18-17(19)13-8-4-7-12(9-13)14-10-15(20-16-14)11-5-2-1-3-6-11/h1-9,15H,10H2. The summed E-state index contributed by atoms with van der Waals surface area (Å²) in [6.45, 7) is 0. The van der Waals surface area contributed by atoms with Gasteiger partial charge >= 0.3 is 0 Å². The summed E-state index contributed by atoms with van der Waals surface area (Å²) in [5.74, 6) is 0. The Morgan fingerprint density at radius 3 is 2.70 bits per heavy atom. The Hall–Kier alpha value is -2.69. The molecule has 0 bridgehead atoms. The molecule has 1 atom stereocenters. The second-order valence-electron chi connectivity index (χ2n) is 4.55. The van der Waals surface area contributed by atoms with E-state index in [9.17, 15) is 10.1 Å². The molecule has 0 saturated carbocycles. The summed E-state index contributed by atoms with van der Waals surface area (Å²) >= 11 is 0. The number of hydrogen-bond acceptors (Lipinski definition) is 4. The van der Waals surface area contributed by atoms with E-state index in [0.717, 1.165) is 16.8 Å². The second kappa shape index (κ2) is 5.13. The molecule has 1 aliphatic rings. The number of oxime groups is 1. The molecule has 2 aromatic carbocycles. The number of benzene rings is 2. The molecule has 0 N–H and O–H groups in total. The molecule has 1 aliphatic heterocycles. The molecule has 0 aliphatic carbocycles. The molecule has 5 heteroatoms. The minimum absolute atomic E-state index is 0.0633. The van der Waals surface area contributed by atoms with Gasteiger partial charge in [0.15, 0.2) is 6.10 Å². The van der Waals surface area contributed by atoms with Gasteiger partial charge < -0.3 is 4.84 Å². The average Bonchev–Trinajstić information content (AvgIpc) is 2.98. The Kier molecular flexibility index (Phi) is 3.16. The molecular weight excluding hydrogens is 256 g/mol. The van der Waals surface area contributed by atoms with Crippen LogP contribution in [0.4, 0.5) is 5.69 Å². The second-order valence-corrected chi connectivity index (χ2v) is 4.55. The molecule has 0 radical (unpaired) electrons. The maximum absolute atomic E-state index is 10.8. The van der Waals surface area contributed by atoms with Crippen molar-refractivity contribution in [3.63, 3.8) is 0 Å². The van der Waals surface area contributed by atoms with Crippen LogP contribution in [-0.4, -0.2) is 10.6 Å². The van der Waals surface area contributed by atoms with E-state index in [1.807, 2.05) is 36.4 Å². The van der Waals surface area contributed by atoms with Crippen molar-refractivity contribution in [3.05, 3.63) is 75.8 Å². The van der Waals surface area contributed by atoms with E-state index in [-0.39, 0.29) is 11.8 Å². The summed E-state index contributed by atoms with van der Waals surface area (Å²) in [5, 5.41) is 14.8. The molecule has 0 aromatic heterocycles. The zero-order valence-electron chi connectivity index (χ0n) is 10.6. The lowest BCUT2D eigenvalue weighted by molar-refractivity contribution is -0.384. The van der Waals surface area contributed by atoms with Gasteiger partial charge in [-0.25, -0.2) is 0 Å². The first-order valence-corrected chi connectivity index (χ1v) is 6.26. The van der Waals surface area contributed by atoms with Crippen LogP contribution < -0.4 is 0 Å². The fourth-order valence-corrected chi connectivity index (χ4v) is 2.19. The van der Waals surface area contributed by atoms with Crippen molar-refractivity contribution in [2.75, 3.05) is 0 Å². The largest absolute Gasteiger partial charge is 0.387 e. The number of nitro benzene ring substituents is 1. The van der Waals surface area contributed by atoms with Gasteiger partial charge in [0.2, 0.25) is 0 Å². The Balaban J connectivity index is 1.80. The van der Waals surface area contributed by atoms with Crippen molar-refractivity contribution in [2.24, 2.45) is 5.16 Å². The quantitative estimate of drug-likeness (QED) is 0.632. The highest BCUT2D eigenvalue weighted by Crippen LogP contribution is 2.29. The van der Waals surface area contributed by atoms with Crippen LogP contribution in [0, 0.1) is 10.1 Å². The summed E-state index contributed by atoms with van der Waals surface area (Å²) in [5.41, 5.74) is 2.59. The average molecular weight is 268 g/mol. The Labute approximate surface area is 115 Å². The van der Waals surface area contributed by atoms with Gasteiger partial charge in [-0.1, -0.05) is 47.6 Å². The van der Waals surface area contributed by atoms with Crippen molar-refractivity contribution in [1.29, 1.82) is 0 Å². The summed E-state index contributed by atoms with van der Waals surface area (Å²) in [7, 11) is 0. The van der Waals surface area contributed by atoms with Crippen molar-refractivity contribution in [2.45, 2.75) is 12.5 Å². The van der Waals surface area contributed by atoms with Gasteiger partial charge in [-0.3, -0.25) is 10.1 Å². The number of hydrogen-bond donors (Lipinski definition) is 0. The third kappa shape index (κ3) is 2.38. The fourth-order valence-electron chi connectivity index (χ4n) is 2.19. The monoisotopic (exact) mass is 268 g/mol. The molecule has 20 heavy (non-hydrogen) atoms. The number of nitrogens with zero attached hydrogens (tertiary/aromatic N) is 2. The summed E-state index contributed by atoms with van der Waals surface area (Å²) in [4.78, 5) is 15.8. The highest BCUT2D eigenvalue weighted by atomic mass is 16.6. The van der Waals surface area contributed by atoms with Crippen LogP contribution in [0.2, 0.25) is 0 Å². The summed E-state index contributed by atoms with van der Waals surface area (Å²) in [6, 6.07) is 16.3. The minimum Gasteiger partial charge on any atom is -0.387 e. The van der Waals surface area contributed by atoms with Crippen LogP contribution >= 0.6 is 0 Å². The van der Waals surface area contributed by atoms with Crippen LogP contribution in [0.1, 0.15) is 23.7 Å². The van der Waals surface area contributed by atoms with Gasteiger partial charge in [0.25, 0.3) is 5.69 Å². The first-order chi connectivity index (χ1) is 9.74. The fraction of sp³-hybridized carbons (Fsp3) is 0.133. The number of rotatable bonds is 3. The molecule has 5 nitrogen and oxygen atoms in total. The SMILES string of the molecule is O=[N+]([O-])c1cccc(C2=NOC(c3ccccc3)C2)c1. The van der Waals surface area contributed by atoms with Gasteiger partial charge in [0.05, 0.1) is 10.6 Å². The molecule has 1 unspecified atom stereocenters. The summed E-state index contributed by atoms with van der Waals surface area (Å²) in [6.07, 6.45) is 0.496. The molecular formula is C15H12N2O3. The van der Waals surface area contributed by atoms with Crippen molar-refractivity contribution in [3.8, 4) is 0 Å². The topological polar surface area (TPSA) is 64.7 Å². The number of nitro groups is 1. The van der Waals surface area contributed by atoms with Crippen LogP contribution in [0.3, 0.4) is 0 Å². The molecule has 3 rings (SSSR count). The molecule has 2 aromatic rings. The molecule has 0 saturated heterocycles. The van der Waals surface area contributed by atoms with E-state index in [2.05, 4.69) is 5.16 Å². The molecule has 0 spiro atoms. The predicted molar refractivity (Wildman–Crippen MR) is 74.5 cm³/mol. The first kappa shape index (κ1) is 12.3. The van der Waals surface area contributed by atoms with Gasteiger partial charge in [-0.15, -0.1) is 0 Å². The van der Waals surface area contributed by atoms with Crippen molar-refractivity contribution in [1.82, 2.24) is 0 Å². The summed E-state index contributed by atoms with van der Waals surface area (Å²) < 4.78 is 0. The zero-order valence-corrected chi connectivity index (χ0v) is 10.6. The smallest absolute Gasteiger partial charge is 0.270 e. The van der Waals surface area contributed by atoms with E-state index in [4.69, 9.17) is 4.84 Å². The Bertz CT molecular complexity index is 668. The zero-order chi connectivity index (χ0) is 13.9.